The van der Waals surface area contributed by atoms with E-state index in [0.717, 1.165) is 31.4 Å². The molecule has 7 nitrogen and oxygen atoms in total. The molecule has 116 valence electrons. The molecular formula is C13H18N2O5S. The van der Waals surface area contributed by atoms with E-state index in [1.165, 1.54) is 13.2 Å². The van der Waals surface area contributed by atoms with Gasteiger partial charge in [0.25, 0.3) is 5.69 Å². The van der Waals surface area contributed by atoms with E-state index >= 15 is 0 Å². The van der Waals surface area contributed by atoms with Crippen LogP contribution in [0.15, 0.2) is 23.1 Å². The molecule has 0 aliphatic heterocycles. The third kappa shape index (κ3) is 3.51. The Morgan fingerprint density at radius 1 is 1.38 bits per heavy atom. The third-order valence-electron chi connectivity index (χ3n) is 3.66. The molecule has 0 bridgehead atoms. The molecule has 21 heavy (non-hydrogen) atoms. The number of methoxy groups -OCH3 is 1. The van der Waals surface area contributed by atoms with Crippen molar-refractivity contribution in [3.63, 3.8) is 0 Å². The number of nitro benzene ring substituents is 1. The van der Waals surface area contributed by atoms with Crippen molar-refractivity contribution in [3.05, 3.63) is 28.3 Å². The van der Waals surface area contributed by atoms with Crippen molar-refractivity contribution in [2.24, 2.45) is 5.92 Å². The number of nitrogens with one attached hydrogen (secondary N) is 1. The largest absolute Gasteiger partial charge is 0.495 e. The predicted molar refractivity (Wildman–Crippen MR) is 76.8 cm³/mol. The number of benzene rings is 1. The second-order valence-corrected chi connectivity index (χ2v) is 7.01. The minimum absolute atomic E-state index is 0.0252. The van der Waals surface area contributed by atoms with Gasteiger partial charge in [0.05, 0.1) is 18.1 Å². The fourth-order valence-corrected chi connectivity index (χ4v) is 4.02. The first-order valence-corrected chi connectivity index (χ1v) is 8.16. The van der Waals surface area contributed by atoms with Crippen LogP contribution >= 0.6 is 0 Å². The number of hydrogen-bond acceptors (Lipinski definition) is 5. The smallest absolute Gasteiger partial charge is 0.273 e. The van der Waals surface area contributed by atoms with Gasteiger partial charge in [0.1, 0.15) is 10.6 Å². The maximum absolute atomic E-state index is 12.4. The lowest BCUT2D eigenvalue weighted by molar-refractivity contribution is -0.385. The minimum Gasteiger partial charge on any atom is -0.495 e. The Kier molecular flexibility index (Phi) is 4.48. The van der Waals surface area contributed by atoms with Gasteiger partial charge in [0.2, 0.25) is 10.0 Å². The quantitative estimate of drug-likeness (QED) is 0.662. The Bertz CT molecular complexity index is 644. The Morgan fingerprint density at radius 2 is 2.10 bits per heavy atom. The number of nitrogens with zero attached hydrogens (tertiary/aromatic N) is 1. The number of hydrogen-bond donors (Lipinski definition) is 1. The van der Waals surface area contributed by atoms with Crippen LogP contribution in [0, 0.1) is 16.0 Å². The van der Waals surface area contributed by atoms with E-state index in [1.807, 2.05) is 0 Å². The number of non-ortho nitro benzene ring substituents is 1. The first-order chi connectivity index (χ1) is 9.83. The zero-order chi connectivity index (χ0) is 15.6. The SMILES string of the molecule is COc1cc([N+](=O)[O-])ccc1S(=O)(=O)NC1CCC(C)C1. The summed E-state index contributed by atoms with van der Waals surface area (Å²) in [6, 6.07) is 3.39. The lowest BCUT2D eigenvalue weighted by Crippen LogP contribution is -2.33. The van der Waals surface area contributed by atoms with Crippen molar-refractivity contribution in [1.29, 1.82) is 0 Å². The maximum atomic E-state index is 12.4. The van der Waals surface area contributed by atoms with Gasteiger partial charge in [-0.15, -0.1) is 0 Å². The van der Waals surface area contributed by atoms with E-state index < -0.39 is 14.9 Å². The van der Waals surface area contributed by atoms with Gasteiger partial charge >= 0.3 is 0 Å². The van der Waals surface area contributed by atoms with Gasteiger partial charge in [0.15, 0.2) is 0 Å². The van der Waals surface area contributed by atoms with Crippen LogP contribution in [0.1, 0.15) is 26.2 Å². The molecule has 1 fully saturated rings. The minimum atomic E-state index is -3.75. The Morgan fingerprint density at radius 3 is 2.62 bits per heavy atom. The van der Waals surface area contributed by atoms with Crippen molar-refractivity contribution in [3.8, 4) is 5.75 Å². The van der Waals surface area contributed by atoms with E-state index in [1.54, 1.807) is 0 Å². The molecule has 0 spiro atoms. The molecule has 0 aromatic heterocycles. The molecule has 8 heteroatoms. The average molecular weight is 314 g/mol. The molecule has 2 rings (SSSR count). The van der Waals surface area contributed by atoms with E-state index in [2.05, 4.69) is 11.6 Å². The second-order valence-electron chi connectivity index (χ2n) is 5.33. The van der Waals surface area contributed by atoms with Crippen LogP contribution in [-0.2, 0) is 10.0 Å². The Balaban J connectivity index is 2.29. The van der Waals surface area contributed by atoms with Gasteiger partial charge in [-0.25, -0.2) is 13.1 Å². The summed E-state index contributed by atoms with van der Waals surface area (Å²) in [5.74, 6) is 0.471. The highest BCUT2D eigenvalue weighted by atomic mass is 32.2. The van der Waals surface area contributed by atoms with Gasteiger partial charge in [-0.1, -0.05) is 6.92 Å². The molecular weight excluding hydrogens is 296 g/mol. The lowest BCUT2D eigenvalue weighted by atomic mass is 10.1. The Labute approximate surface area is 123 Å². The van der Waals surface area contributed by atoms with Crippen LogP contribution in [-0.4, -0.2) is 26.5 Å². The molecule has 1 aromatic rings. The summed E-state index contributed by atoms with van der Waals surface area (Å²) >= 11 is 0. The van der Waals surface area contributed by atoms with Crippen LogP contribution in [0.5, 0.6) is 5.75 Å². The van der Waals surface area contributed by atoms with Crippen molar-refractivity contribution >= 4 is 15.7 Å². The highest BCUT2D eigenvalue weighted by Crippen LogP contribution is 2.30. The zero-order valence-corrected chi connectivity index (χ0v) is 12.7. The van der Waals surface area contributed by atoms with Crippen molar-refractivity contribution in [2.75, 3.05) is 7.11 Å². The second kappa shape index (κ2) is 5.98. The zero-order valence-electron chi connectivity index (χ0n) is 11.9. The molecule has 2 unspecified atom stereocenters. The summed E-state index contributed by atoms with van der Waals surface area (Å²) in [5.41, 5.74) is -0.208. The molecule has 2 atom stereocenters. The van der Waals surface area contributed by atoms with Crippen LogP contribution in [0.3, 0.4) is 0 Å². The summed E-state index contributed by atoms with van der Waals surface area (Å²) < 4.78 is 32.4. The number of sulfonamides is 1. The highest BCUT2D eigenvalue weighted by Gasteiger charge is 2.29. The van der Waals surface area contributed by atoms with Crippen LogP contribution in [0.25, 0.3) is 0 Å². The summed E-state index contributed by atoms with van der Waals surface area (Å²) in [4.78, 5) is 10.1. The van der Waals surface area contributed by atoms with Gasteiger partial charge in [-0.2, -0.15) is 0 Å². The van der Waals surface area contributed by atoms with Crippen molar-refractivity contribution in [2.45, 2.75) is 37.1 Å². The molecule has 0 amide bonds. The fourth-order valence-electron chi connectivity index (χ4n) is 2.59. The monoisotopic (exact) mass is 314 g/mol. The molecule has 1 aromatic carbocycles. The summed E-state index contributed by atoms with van der Waals surface area (Å²) in [5, 5.41) is 10.7. The van der Waals surface area contributed by atoms with Gasteiger partial charge < -0.3 is 4.74 Å². The van der Waals surface area contributed by atoms with E-state index in [9.17, 15) is 18.5 Å². The summed E-state index contributed by atoms with van der Waals surface area (Å²) in [7, 11) is -2.46. The topological polar surface area (TPSA) is 98.5 Å². The van der Waals surface area contributed by atoms with Crippen molar-refractivity contribution in [1.82, 2.24) is 4.72 Å². The molecule has 0 heterocycles. The number of nitro groups is 1. The first-order valence-electron chi connectivity index (χ1n) is 6.68. The molecule has 1 N–H and O–H groups in total. The van der Waals surface area contributed by atoms with Crippen molar-refractivity contribution < 1.29 is 18.1 Å². The van der Waals surface area contributed by atoms with Crippen LogP contribution < -0.4 is 9.46 Å². The molecule has 1 saturated carbocycles. The number of ether oxygens (including phenoxy) is 1. The Hall–Kier alpha value is -1.67. The first kappa shape index (κ1) is 15.7. The molecule has 0 radical (unpaired) electrons. The van der Waals surface area contributed by atoms with E-state index in [0.29, 0.717) is 5.92 Å². The number of rotatable bonds is 5. The summed E-state index contributed by atoms with van der Waals surface area (Å²) in [6.45, 7) is 2.08. The normalized spacial score (nSPS) is 22.2. The molecule has 1 aliphatic rings. The average Bonchev–Trinajstić information content (AvgIpc) is 2.82. The van der Waals surface area contributed by atoms with Crippen LogP contribution in [0.4, 0.5) is 5.69 Å². The third-order valence-corrected chi connectivity index (χ3v) is 5.22. The maximum Gasteiger partial charge on any atom is 0.273 e. The van der Waals surface area contributed by atoms with Gasteiger partial charge in [0, 0.05) is 12.1 Å². The van der Waals surface area contributed by atoms with Crippen LogP contribution in [0.2, 0.25) is 0 Å². The van der Waals surface area contributed by atoms with E-state index in [-0.39, 0.29) is 22.4 Å². The molecule has 0 saturated heterocycles. The molecule has 1 aliphatic carbocycles. The highest BCUT2D eigenvalue weighted by molar-refractivity contribution is 7.89. The lowest BCUT2D eigenvalue weighted by Gasteiger charge is -2.15. The van der Waals surface area contributed by atoms with Gasteiger partial charge in [-0.05, 0) is 31.2 Å². The fraction of sp³-hybridized carbons (Fsp3) is 0.538. The predicted octanol–water partition coefficient (Wildman–Crippen LogP) is 2.07. The van der Waals surface area contributed by atoms with E-state index in [4.69, 9.17) is 4.74 Å². The van der Waals surface area contributed by atoms with Gasteiger partial charge in [-0.3, -0.25) is 10.1 Å². The summed E-state index contributed by atoms with van der Waals surface area (Å²) in [6.07, 6.45) is 2.59. The standard InChI is InChI=1S/C13H18N2O5S/c1-9-3-4-10(7-9)14-21(18,19)13-6-5-11(15(16)17)8-12(13)20-2/h5-6,8-10,14H,3-4,7H2,1-2H3.